The first-order valence-corrected chi connectivity index (χ1v) is 7.74. The van der Waals surface area contributed by atoms with Crippen LogP contribution in [0.5, 0.6) is 0 Å². The lowest BCUT2D eigenvalue weighted by molar-refractivity contribution is 0.102. The van der Waals surface area contributed by atoms with Gasteiger partial charge in [-0.15, -0.1) is 0 Å². The number of carbonyl (C=O) groups excluding carboxylic acids is 1. The first kappa shape index (κ1) is 16.2. The minimum atomic E-state index is -0.0712. The van der Waals surface area contributed by atoms with E-state index in [4.69, 9.17) is 11.6 Å². The van der Waals surface area contributed by atoms with E-state index in [1.54, 1.807) is 29.1 Å². The highest BCUT2D eigenvalue weighted by atomic mass is 79.9. The number of hydrogen-bond acceptors (Lipinski definition) is 3. The second-order valence-electron chi connectivity index (χ2n) is 5.11. The minimum absolute atomic E-state index is 0.0712. The molecule has 0 aliphatic heterocycles. The Morgan fingerprint density at radius 3 is 2.81 bits per heavy atom. The molecule has 1 aromatic carbocycles. The van der Waals surface area contributed by atoms with E-state index in [0.29, 0.717) is 27.3 Å². The van der Waals surface area contributed by atoms with Gasteiger partial charge in [0.05, 0.1) is 17.2 Å². The fraction of sp³-hybridized carbons (Fsp3) is 0.333. The van der Waals surface area contributed by atoms with E-state index < -0.39 is 0 Å². The molecule has 0 fully saturated rings. The number of aromatic nitrogens is 2. The van der Waals surface area contributed by atoms with Crippen LogP contribution in [0.4, 0.5) is 0 Å². The SMILES string of the molecule is Cc1c(Cl)cccc1C(=O)c1c(Br)cnn1CCN(C)C. The van der Waals surface area contributed by atoms with E-state index in [0.717, 1.165) is 12.1 Å². The number of rotatable bonds is 5. The van der Waals surface area contributed by atoms with Gasteiger partial charge < -0.3 is 4.90 Å². The zero-order valence-corrected chi connectivity index (χ0v) is 14.6. The largest absolute Gasteiger partial charge is 0.308 e. The van der Waals surface area contributed by atoms with Crippen molar-refractivity contribution in [2.45, 2.75) is 13.5 Å². The average molecular weight is 371 g/mol. The van der Waals surface area contributed by atoms with Crippen molar-refractivity contribution in [2.75, 3.05) is 20.6 Å². The third-order valence-corrected chi connectivity index (χ3v) is 4.27. The van der Waals surface area contributed by atoms with Crippen LogP contribution in [0.1, 0.15) is 21.6 Å². The highest BCUT2D eigenvalue weighted by molar-refractivity contribution is 9.10. The molecule has 21 heavy (non-hydrogen) atoms. The van der Waals surface area contributed by atoms with E-state index >= 15 is 0 Å². The van der Waals surface area contributed by atoms with Crippen LogP contribution in [-0.2, 0) is 6.54 Å². The Hall–Kier alpha value is -1.17. The normalized spacial score (nSPS) is 11.1. The van der Waals surface area contributed by atoms with Crippen molar-refractivity contribution < 1.29 is 4.79 Å². The van der Waals surface area contributed by atoms with Gasteiger partial charge in [-0.25, -0.2) is 0 Å². The summed E-state index contributed by atoms with van der Waals surface area (Å²) in [5.74, 6) is -0.0712. The summed E-state index contributed by atoms with van der Waals surface area (Å²) in [6.45, 7) is 3.31. The molecule has 4 nitrogen and oxygen atoms in total. The van der Waals surface area contributed by atoms with Gasteiger partial charge in [-0.3, -0.25) is 9.48 Å². The zero-order valence-electron chi connectivity index (χ0n) is 12.2. The van der Waals surface area contributed by atoms with Crippen molar-refractivity contribution in [3.05, 3.63) is 50.7 Å². The molecular formula is C15H17BrClN3O. The van der Waals surface area contributed by atoms with Gasteiger partial charge in [0, 0.05) is 17.1 Å². The Kier molecular flexibility index (Phi) is 5.19. The Bertz CT molecular complexity index is 667. The number of carbonyl (C=O) groups is 1. The Labute approximate surface area is 137 Å². The number of likely N-dealkylation sites (N-methyl/N-ethyl adjacent to an activating group) is 1. The van der Waals surface area contributed by atoms with E-state index in [2.05, 4.69) is 25.9 Å². The summed E-state index contributed by atoms with van der Waals surface area (Å²) in [7, 11) is 3.97. The molecule has 1 aromatic heterocycles. The predicted molar refractivity (Wildman–Crippen MR) is 88.1 cm³/mol. The summed E-state index contributed by atoms with van der Waals surface area (Å²) in [4.78, 5) is 14.9. The average Bonchev–Trinajstić information content (AvgIpc) is 2.80. The van der Waals surface area contributed by atoms with Crippen molar-refractivity contribution in [3.63, 3.8) is 0 Å². The quantitative estimate of drug-likeness (QED) is 0.757. The first-order chi connectivity index (χ1) is 9.91. The number of halogens is 2. The molecule has 0 saturated heterocycles. The maximum absolute atomic E-state index is 12.8. The van der Waals surface area contributed by atoms with Crippen LogP contribution in [0.3, 0.4) is 0 Å². The van der Waals surface area contributed by atoms with Gasteiger partial charge in [0.15, 0.2) is 0 Å². The molecule has 1 heterocycles. The molecule has 0 aliphatic rings. The Morgan fingerprint density at radius 1 is 1.43 bits per heavy atom. The molecule has 0 amide bonds. The molecule has 0 bridgehead atoms. The third-order valence-electron chi connectivity index (χ3n) is 3.28. The topological polar surface area (TPSA) is 38.1 Å². The number of hydrogen-bond donors (Lipinski definition) is 0. The third kappa shape index (κ3) is 3.54. The number of benzene rings is 1. The summed E-state index contributed by atoms with van der Waals surface area (Å²) in [6, 6.07) is 5.36. The molecule has 0 N–H and O–H groups in total. The van der Waals surface area contributed by atoms with Gasteiger partial charge >= 0.3 is 0 Å². The van der Waals surface area contributed by atoms with Crippen molar-refractivity contribution in [2.24, 2.45) is 0 Å². The molecule has 0 aliphatic carbocycles. The minimum Gasteiger partial charge on any atom is -0.308 e. The molecule has 0 atom stereocenters. The second-order valence-corrected chi connectivity index (χ2v) is 6.37. The van der Waals surface area contributed by atoms with Crippen molar-refractivity contribution in [1.82, 2.24) is 14.7 Å². The van der Waals surface area contributed by atoms with Crippen LogP contribution in [0.25, 0.3) is 0 Å². The lowest BCUT2D eigenvalue weighted by atomic mass is 10.0. The maximum atomic E-state index is 12.8. The van der Waals surface area contributed by atoms with Crippen LogP contribution >= 0.6 is 27.5 Å². The molecule has 2 rings (SSSR count). The Morgan fingerprint density at radius 2 is 2.14 bits per heavy atom. The first-order valence-electron chi connectivity index (χ1n) is 6.57. The van der Waals surface area contributed by atoms with Crippen LogP contribution in [-0.4, -0.2) is 41.1 Å². The van der Waals surface area contributed by atoms with Crippen LogP contribution < -0.4 is 0 Å². The lowest BCUT2D eigenvalue weighted by Crippen LogP contribution is -2.22. The smallest absolute Gasteiger partial charge is 0.212 e. The summed E-state index contributed by atoms with van der Waals surface area (Å²) in [5, 5.41) is 4.87. The fourth-order valence-corrected chi connectivity index (χ4v) is 2.68. The van der Waals surface area contributed by atoms with Crippen LogP contribution in [0, 0.1) is 6.92 Å². The molecule has 0 spiro atoms. The molecule has 112 valence electrons. The van der Waals surface area contributed by atoms with Crippen molar-refractivity contribution in [3.8, 4) is 0 Å². The summed E-state index contributed by atoms with van der Waals surface area (Å²) < 4.78 is 2.43. The monoisotopic (exact) mass is 369 g/mol. The molecule has 0 radical (unpaired) electrons. The number of nitrogens with zero attached hydrogens (tertiary/aromatic N) is 3. The van der Waals surface area contributed by atoms with Gasteiger partial charge in [0.25, 0.3) is 0 Å². The maximum Gasteiger partial charge on any atom is 0.212 e. The van der Waals surface area contributed by atoms with E-state index in [1.807, 2.05) is 21.0 Å². The molecular weight excluding hydrogens is 354 g/mol. The molecule has 6 heteroatoms. The van der Waals surface area contributed by atoms with E-state index in [-0.39, 0.29) is 5.78 Å². The van der Waals surface area contributed by atoms with Crippen molar-refractivity contribution >= 4 is 33.3 Å². The van der Waals surface area contributed by atoms with Gasteiger partial charge in [0.1, 0.15) is 5.69 Å². The predicted octanol–water partition coefficient (Wildman–Crippen LogP) is 3.40. The van der Waals surface area contributed by atoms with Gasteiger partial charge in [-0.2, -0.15) is 5.10 Å². The summed E-state index contributed by atoms with van der Waals surface area (Å²) in [5.41, 5.74) is 1.95. The lowest BCUT2D eigenvalue weighted by Gasteiger charge is -2.12. The second kappa shape index (κ2) is 6.73. The van der Waals surface area contributed by atoms with Crippen LogP contribution in [0.15, 0.2) is 28.9 Å². The standard InChI is InChI=1S/C15H17BrClN3O/c1-10-11(5-4-6-13(10)17)15(21)14-12(16)9-18-20(14)8-7-19(2)3/h4-6,9H,7-8H2,1-3H3. The van der Waals surface area contributed by atoms with Gasteiger partial charge in [-0.1, -0.05) is 23.7 Å². The summed E-state index contributed by atoms with van der Waals surface area (Å²) in [6.07, 6.45) is 1.66. The number of ketones is 1. The Balaban J connectivity index is 2.39. The molecule has 2 aromatic rings. The van der Waals surface area contributed by atoms with Crippen molar-refractivity contribution in [1.29, 1.82) is 0 Å². The fourth-order valence-electron chi connectivity index (χ4n) is 2.03. The highest BCUT2D eigenvalue weighted by Crippen LogP contribution is 2.25. The van der Waals surface area contributed by atoms with Crippen LogP contribution in [0.2, 0.25) is 5.02 Å². The molecule has 0 saturated carbocycles. The van der Waals surface area contributed by atoms with Gasteiger partial charge in [0.2, 0.25) is 5.78 Å². The van der Waals surface area contributed by atoms with E-state index in [9.17, 15) is 4.79 Å². The highest BCUT2D eigenvalue weighted by Gasteiger charge is 2.21. The molecule has 0 unspecified atom stereocenters. The summed E-state index contributed by atoms with van der Waals surface area (Å²) >= 11 is 9.52. The zero-order chi connectivity index (χ0) is 15.6. The van der Waals surface area contributed by atoms with E-state index in [1.165, 1.54) is 0 Å². The van der Waals surface area contributed by atoms with Gasteiger partial charge in [-0.05, 0) is 48.6 Å².